The SMILES string of the molecule is CC(O)CC(C)NC(=O)C(C)S. The van der Waals surface area contributed by atoms with Crippen molar-refractivity contribution in [1.29, 1.82) is 0 Å². The van der Waals surface area contributed by atoms with Crippen LogP contribution in [-0.2, 0) is 4.79 Å². The van der Waals surface area contributed by atoms with Gasteiger partial charge in [0.1, 0.15) is 0 Å². The number of aliphatic hydroxyl groups excluding tert-OH is 1. The van der Waals surface area contributed by atoms with Gasteiger partial charge in [-0.15, -0.1) is 0 Å². The van der Waals surface area contributed by atoms with E-state index >= 15 is 0 Å². The Bertz CT molecular complexity index is 148. The van der Waals surface area contributed by atoms with Crippen LogP contribution in [0.3, 0.4) is 0 Å². The smallest absolute Gasteiger partial charge is 0.232 e. The van der Waals surface area contributed by atoms with Crippen molar-refractivity contribution < 1.29 is 9.90 Å². The van der Waals surface area contributed by atoms with E-state index in [0.717, 1.165) is 0 Å². The maximum Gasteiger partial charge on any atom is 0.232 e. The van der Waals surface area contributed by atoms with Gasteiger partial charge in [-0.3, -0.25) is 4.79 Å². The maximum atomic E-state index is 11.1. The van der Waals surface area contributed by atoms with Gasteiger partial charge in [0.25, 0.3) is 0 Å². The van der Waals surface area contributed by atoms with Crippen molar-refractivity contribution in [2.45, 2.75) is 44.6 Å². The van der Waals surface area contributed by atoms with Crippen LogP contribution in [0.15, 0.2) is 0 Å². The molecule has 3 unspecified atom stereocenters. The predicted molar refractivity (Wildman–Crippen MR) is 52.4 cm³/mol. The average Bonchev–Trinajstić information content (AvgIpc) is 1.84. The third-order valence-corrected chi connectivity index (χ3v) is 1.70. The molecular formula is C8H17NO2S. The van der Waals surface area contributed by atoms with Crippen molar-refractivity contribution in [2.24, 2.45) is 0 Å². The summed E-state index contributed by atoms with van der Waals surface area (Å²) in [7, 11) is 0. The monoisotopic (exact) mass is 191 g/mol. The number of hydrogen-bond donors (Lipinski definition) is 3. The predicted octanol–water partition coefficient (Wildman–Crippen LogP) is 0.580. The molecule has 0 saturated carbocycles. The van der Waals surface area contributed by atoms with Crippen LogP contribution in [0, 0.1) is 0 Å². The minimum absolute atomic E-state index is 0.00657. The molecule has 0 spiro atoms. The van der Waals surface area contributed by atoms with Crippen molar-refractivity contribution in [1.82, 2.24) is 5.32 Å². The Morgan fingerprint density at radius 3 is 2.33 bits per heavy atom. The van der Waals surface area contributed by atoms with Gasteiger partial charge in [-0.25, -0.2) is 0 Å². The van der Waals surface area contributed by atoms with Crippen LogP contribution in [-0.4, -0.2) is 28.4 Å². The first-order valence-electron chi connectivity index (χ1n) is 4.10. The Morgan fingerprint density at radius 2 is 2.00 bits per heavy atom. The Balaban J connectivity index is 3.69. The minimum Gasteiger partial charge on any atom is -0.393 e. The molecule has 0 aromatic heterocycles. The van der Waals surface area contributed by atoms with Gasteiger partial charge in [-0.05, 0) is 27.2 Å². The second-order valence-electron chi connectivity index (χ2n) is 3.17. The first-order valence-corrected chi connectivity index (χ1v) is 4.61. The van der Waals surface area contributed by atoms with E-state index in [-0.39, 0.29) is 23.3 Å². The van der Waals surface area contributed by atoms with Gasteiger partial charge in [0.2, 0.25) is 5.91 Å². The summed E-state index contributed by atoms with van der Waals surface area (Å²) in [5, 5.41) is 11.4. The zero-order valence-electron chi connectivity index (χ0n) is 7.74. The van der Waals surface area contributed by atoms with Crippen LogP contribution in [0.25, 0.3) is 0 Å². The van der Waals surface area contributed by atoms with Gasteiger partial charge >= 0.3 is 0 Å². The normalized spacial score (nSPS) is 18.1. The Kier molecular flexibility index (Phi) is 5.33. The molecule has 0 aliphatic carbocycles. The number of amides is 1. The van der Waals surface area contributed by atoms with Crippen molar-refractivity contribution in [2.75, 3.05) is 0 Å². The molecule has 0 aliphatic heterocycles. The fourth-order valence-corrected chi connectivity index (χ4v) is 1.01. The summed E-state index contributed by atoms with van der Waals surface area (Å²) in [4.78, 5) is 11.1. The number of thiol groups is 1. The molecular weight excluding hydrogens is 174 g/mol. The molecule has 0 radical (unpaired) electrons. The van der Waals surface area contributed by atoms with Gasteiger partial charge < -0.3 is 10.4 Å². The van der Waals surface area contributed by atoms with E-state index in [0.29, 0.717) is 6.42 Å². The summed E-state index contributed by atoms with van der Waals surface area (Å²) < 4.78 is 0. The number of carbonyl (C=O) groups excluding carboxylic acids is 1. The lowest BCUT2D eigenvalue weighted by molar-refractivity contribution is -0.121. The third kappa shape index (κ3) is 5.43. The second-order valence-corrected chi connectivity index (χ2v) is 3.94. The van der Waals surface area contributed by atoms with Crippen molar-refractivity contribution in [3.8, 4) is 0 Å². The van der Waals surface area contributed by atoms with Crippen LogP contribution in [0.1, 0.15) is 27.2 Å². The second kappa shape index (κ2) is 5.43. The number of carbonyl (C=O) groups is 1. The van der Waals surface area contributed by atoms with E-state index in [1.165, 1.54) is 0 Å². The zero-order chi connectivity index (χ0) is 9.72. The Labute approximate surface area is 79.0 Å². The summed E-state index contributed by atoms with van der Waals surface area (Å²) in [6.45, 7) is 5.28. The molecule has 3 nitrogen and oxygen atoms in total. The van der Waals surface area contributed by atoms with E-state index in [1.54, 1.807) is 13.8 Å². The molecule has 0 saturated heterocycles. The first kappa shape index (κ1) is 11.8. The molecule has 0 rings (SSSR count). The van der Waals surface area contributed by atoms with E-state index < -0.39 is 0 Å². The summed E-state index contributed by atoms with van der Waals surface area (Å²) in [5.74, 6) is -0.0912. The van der Waals surface area contributed by atoms with E-state index in [9.17, 15) is 4.79 Å². The lowest BCUT2D eigenvalue weighted by atomic mass is 10.1. The summed E-state index contributed by atoms with van der Waals surface area (Å²) >= 11 is 3.98. The van der Waals surface area contributed by atoms with Gasteiger partial charge in [0, 0.05) is 6.04 Å². The van der Waals surface area contributed by atoms with Crippen LogP contribution in [0.4, 0.5) is 0 Å². The largest absolute Gasteiger partial charge is 0.393 e. The molecule has 0 bridgehead atoms. The fourth-order valence-electron chi connectivity index (χ4n) is 0.934. The average molecular weight is 191 g/mol. The Morgan fingerprint density at radius 1 is 1.50 bits per heavy atom. The van der Waals surface area contributed by atoms with Crippen LogP contribution < -0.4 is 5.32 Å². The molecule has 0 fully saturated rings. The van der Waals surface area contributed by atoms with Crippen molar-refractivity contribution in [3.05, 3.63) is 0 Å². The highest BCUT2D eigenvalue weighted by molar-refractivity contribution is 7.81. The summed E-state index contributed by atoms with van der Waals surface area (Å²) in [6, 6.07) is 0.00657. The number of aliphatic hydroxyl groups is 1. The van der Waals surface area contributed by atoms with Crippen LogP contribution in [0.5, 0.6) is 0 Å². The number of hydrogen-bond acceptors (Lipinski definition) is 3. The number of rotatable bonds is 4. The highest BCUT2D eigenvalue weighted by Crippen LogP contribution is 1.99. The molecule has 72 valence electrons. The van der Waals surface area contributed by atoms with Gasteiger partial charge in [-0.2, -0.15) is 12.6 Å². The molecule has 2 N–H and O–H groups in total. The first-order chi connectivity index (χ1) is 5.43. The molecule has 4 heteroatoms. The molecule has 1 amide bonds. The van der Waals surface area contributed by atoms with Crippen molar-refractivity contribution in [3.63, 3.8) is 0 Å². The Hall–Kier alpha value is -0.220. The minimum atomic E-state index is -0.379. The summed E-state index contributed by atoms with van der Waals surface area (Å²) in [5.41, 5.74) is 0. The van der Waals surface area contributed by atoms with Crippen LogP contribution >= 0.6 is 12.6 Å². The molecule has 0 aliphatic rings. The lowest BCUT2D eigenvalue weighted by Crippen LogP contribution is -2.38. The molecule has 0 aromatic rings. The quantitative estimate of drug-likeness (QED) is 0.569. The van der Waals surface area contributed by atoms with Gasteiger partial charge in [-0.1, -0.05) is 0 Å². The lowest BCUT2D eigenvalue weighted by Gasteiger charge is -2.16. The molecule has 0 aromatic carbocycles. The van der Waals surface area contributed by atoms with E-state index in [1.807, 2.05) is 6.92 Å². The highest BCUT2D eigenvalue weighted by Gasteiger charge is 2.12. The third-order valence-electron chi connectivity index (χ3n) is 1.46. The maximum absolute atomic E-state index is 11.1. The van der Waals surface area contributed by atoms with Gasteiger partial charge in [0.15, 0.2) is 0 Å². The van der Waals surface area contributed by atoms with Crippen LogP contribution in [0.2, 0.25) is 0 Å². The number of nitrogens with one attached hydrogen (secondary N) is 1. The highest BCUT2D eigenvalue weighted by atomic mass is 32.1. The van der Waals surface area contributed by atoms with Gasteiger partial charge in [0.05, 0.1) is 11.4 Å². The molecule has 0 heterocycles. The standard InChI is InChI=1S/C8H17NO2S/c1-5(4-6(2)10)9-8(11)7(3)12/h5-7,10,12H,4H2,1-3H3,(H,9,11). The fraction of sp³-hybridized carbons (Fsp3) is 0.875. The van der Waals surface area contributed by atoms with E-state index in [4.69, 9.17) is 5.11 Å². The molecule has 3 atom stereocenters. The topological polar surface area (TPSA) is 49.3 Å². The summed E-state index contributed by atoms with van der Waals surface area (Å²) in [6.07, 6.45) is 0.196. The zero-order valence-corrected chi connectivity index (χ0v) is 8.64. The van der Waals surface area contributed by atoms with E-state index in [2.05, 4.69) is 17.9 Å². The molecule has 12 heavy (non-hydrogen) atoms. The van der Waals surface area contributed by atoms with Crippen molar-refractivity contribution >= 4 is 18.5 Å².